The summed E-state index contributed by atoms with van der Waals surface area (Å²) in [7, 11) is 0. The number of rotatable bonds is 4. The fraction of sp³-hybridized carbons (Fsp3) is 0.538. The van der Waals surface area contributed by atoms with Crippen molar-refractivity contribution in [2.75, 3.05) is 26.2 Å². The Kier molecular flexibility index (Phi) is 5.38. The average Bonchev–Trinajstić information content (AvgIpc) is 2.28. The quantitative estimate of drug-likeness (QED) is 0.732. The van der Waals surface area contributed by atoms with Gasteiger partial charge in [-0.15, -0.1) is 0 Å². The van der Waals surface area contributed by atoms with Crippen molar-refractivity contribution >= 4 is 0 Å². The first kappa shape index (κ1) is 13.9. The van der Waals surface area contributed by atoms with Gasteiger partial charge in [0.2, 0.25) is 0 Å². The van der Waals surface area contributed by atoms with Crippen molar-refractivity contribution in [2.45, 2.75) is 20.0 Å². The van der Waals surface area contributed by atoms with Crippen LogP contribution in [0.3, 0.4) is 0 Å². The van der Waals surface area contributed by atoms with E-state index in [4.69, 9.17) is 0 Å². The zero-order valence-corrected chi connectivity index (χ0v) is 10.5. The Balaban J connectivity index is 2.75. The highest BCUT2D eigenvalue weighted by Gasteiger charge is 2.11. The number of aliphatic hydroxyl groups excluding tert-OH is 1. The van der Waals surface area contributed by atoms with Gasteiger partial charge in [-0.05, 0) is 31.6 Å². The molecule has 1 aliphatic rings. The molecule has 1 rings (SSSR count). The van der Waals surface area contributed by atoms with Crippen LogP contribution in [0.2, 0.25) is 0 Å². The second-order valence-corrected chi connectivity index (χ2v) is 4.28. The third-order valence-corrected chi connectivity index (χ3v) is 2.70. The summed E-state index contributed by atoms with van der Waals surface area (Å²) in [4.78, 5) is 2.13. The third kappa shape index (κ3) is 4.71. The van der Waals surface area contributed by atoms with E-state index in [1.165, 1.54) is 13.0 Å². The van der Waals surface area contributed by atoms with Gasteiger partial charge in [-0.1, -0.05) is 6.58 Å². The Morgan fingerprint density at radius 2 is 2.00 bits per heavy atom. The van der Waals surface area contributed by atoms with Crippen LogP contribution in [0.15, 0.2) is 35.8 Å². The van der Waals surface area contributed by atoms with Crippen LogP contribution < -0.4 is 5.32 Å². The highest BCUT2D eigenvalue weighted by atomic mass is 19.1. The molecule has 3 nitrogen and oxygen atoms in total. The van der Waals surface area contributed by atoms with Crippen LogP contribution in [0.5, 0.6) is 0 Å². The minimum atomic E-state index is -0.694. The first-order valence-corrected chi connectivity index (χ1v) is 5.88. The standard InChI is InChI=1S/C13H21FN2O/c1-10(14)8-13(12(3)17)9-11(2)16-6-4-15-5-7-16/h8-9,12,15,17H,2,4-7H2,1,3H3/b10-8+,13-9+. The molecule has 0 aromatic carbocycles. The van der Waals surface area contributed by atoms with Crippen LogP contribution in [0.25, 0.3) is 0 Å². The van der Waals surface area contributed by atoms with Gasteiger partial charge in [0, 0.05) is 31.9 Å². The summed E-state index contributed by atoms with van der Waals surface area (Å²) in [5, 5.41) is 12.8. The highest BCUT2D eigenvalue weighted by molar-refractivity contribution is 5.31. The second kappa shape index (κ2) is 6.57. The van der Waals surface area contributed by atoms with E-state index in [0.717, 1.165) is 31.9 Å². The molecule has 4 heteroatoms. The van der Waals surface area contributed by atoms with Crippen molar-refractivity contribution in [3.05, 3.63) is 35.8 Å². The van der Waals surface area contributed by atoms with Crippen LogP contribution >= 0.6 is 0 Å². The maximum Gasteiger partial charge on any atom is 0.0972 e. The van der Waals surface area contributed by atoms with Gasteiger partial charge in [-0.25, -0.2) is 4.39 Å². The van der Waals surface area contributed by atoms with Gasteiger partial charge in [0.15, 0.2) is 0 Å². The number of hydrogen-bond acceptors (Lipinski definition) is 3. The van der Waals surface area contributed by atoms with Gasteiger partial charge in [0.25, 0.3) is 0 Å². The average molecular weight is 240 g/mol. The monoisotopic (exact) mass is 240 g/mol. The van der Waals surface area contributed by atoms with E-state index in [1.807, 2.05) is 0 Å². The number of hydrogen-bond donors (Lipinski definition) is 2. The summed E-state index contributed by atoms with van der Waals surface area (Å²) in [6.07, 6.45) is 2.40. The molecule has 1 aliphatic heterocycles. The summed E-state index contributed by atoms with van der Waals surface area (Å²) in [5.41, 5.74) is 1.37. The summed E-state index contributed by atoms with van der Waals surface area (Å²) < 4.78 is 12.9. The molecule has 0 amide bonds. The van der Waals surface area contributed by atoms with Crippen LogP contribution in [0, 0.1) is 0 Å². The number of nitrogens with zero attached hydrogens (tertiary/aromatic N) is 1. The van der Waals surface area contributed by atoms with Crippen LogP contribution in [0.1, 0.15) is 13.8 Å². The Labute approximate surface area is 102 Å². The smallest absolute Gasteiger partial charge is 0.0972 e. The summed E-state index contributed by atoms with van der Waals surface area (Å²) >= 11 is 0. The van der Waals surface area contributed by atoms with Crippen LogP contribution in [-0.4, -0.2) is 42.3 Å². The van der Waals surface area contributed by atoms with Gasteiger partial charge in [0.1, 0.15) is 0 Å². The van der Waals surface area contributed by atoms with Gasteiger partial charge < -0.3 is 15.3 Å². The van der Waals surface area contributed by atoms with E-state index in [1.54, 1.807) is 13.0 Å². The minimum Gasteiger partial charge on any atom is -0.389 e. The molecule has 0 spiro atoms. The molecule has 1 atom stereocenters. The van der Waals surface area contributed by atoms with Crippen LogP contribution in [-0.2, 0) is 0 Å². The first-order chi connectivity index (χ1) is 8.00. The molecule has 1 saturated heterocycles. The van der Waals surface area contributed by atoms with Gasteiger partial charge in [-0.2, -0.15) is 0 Å². The molecule has 17 heavy (non-hydrogen) atoms. The normalized spacial score (nSPS) is 20.4. The lowest BCUT2D eigenvalue weighted by Crippen LogP contribution is -2.42. The minimum absolute atomic E-state index is 0.315. The summed E-state index contributed by atoms with van der Waals surface area (Å²) in [6, 6.07) is 0. The summed E-state index contributed by atoms with van der Waals surface area (Å²) in [6.45, 7) is 10.6. The molecule has 0 aromatic rings. The van der Waals surface area contributed by atoms with E-state index >= 15 is 0 Å². The highest BCUT2D eigenvalue weighted by Crippen LogP contribution is 2.14. The number of allylic oxidation sites excluding steroid dienone is 2. The largest absolute Gasteiger partial charge is 0.389 e. The molecule has 0 aliphatic carbocycles. The van der Waals surface area contributed by atoms with Gasteiger partial charge in [0.05, 0.1) is 11.9 Å². The molecular formula is C13H21FN2O. The molecule has 0 saturated carbocycles. The topological polar surface area (TPSA) is 35.5 Å². The predicted molar refractivity (Wildman–Crippen MR) is 68.2 cm³/mol. The fourth-order valence-electron chi connectivity index (χ4n) is 1.75. The number of aliphatic hydroxyl groups is 1. The second-order valence-electron chi connectivity index (χ2n) is 4.28. The van der Waals surface area contributed by atoms with E-state index in [9.17, 15) is 9.50 Å². The van der Waals surface area contributed by atoms with Crippen LogP contribution in [0.4, 0.5) is 4.39 Å². The fourth-order valence-corrected chi connectivity index (χ4v) is 1.75. The molecule has 0 aromatic heterocycles. The Hall–Kier alpha value is -1.13. The van der Waals surface area contributed by atoms with Crippen molar-refractivity contribution in [2.24, 2.45) is 0 Å². The van der Waals surface area contributed by atoms with E-state index in [2.05, 4.69) is 16.8 Å². The van der Waals surface area contributed by atoms with E-state index < -0.39 is 6.10 Å². The molecule has 1 fully saturated rings. The maximum absolute atomic E-state index is 12.9. The lowest BCUT2D eigenvalue weighted by atomic mass is 10.1. The van der Waals surface area contributed by atoms with Crippen molar-refractivity contribution in [3.8, 4) is 0 Å². The molecular weight excluding hydrogens is 219 g/mol. The summed E-state index contributed by atoms with van der Waals surface area (Å²) in [5.74, 6) is -0.315. The number of nitrogens with one attached hydrogen (secondary N) is 1. The van der Waals surface area contributed by atoms with E-state index in [0.29, 0.717) is 5.57 Å². The zero-order chi connectivity index (χ0) is 12.8. The van der Waals surface area contributed by atoms with Crippen molar-refractivity contribution in [1.29, 1.82) is 0 Å². The Morgan fingerprint density at radius 1 is 1.41 bits per heavy atom. The van der Waals surface area contributed by atoms with Crippen molar-refractivity contribution in [1.82, 2.24) is 10.2 Å². The lowest BCUT2D eigenvalue weighted by molar-refractivity contribution is 0.234. The Morgan fingerprint density at radius 3 is 2.47 bits per heavy atom. The number of halogens is 1. The molecule has 0 bridgehead atoms. The zero-order valence-electron chi connectivity index (χ0n) is 10.5. The third-order valence-electron chi connectivity index (χ3n) is 2.70. The molecule has 0 radical (unpaired) electrons. The predicted octanol–water partition coefficient (Wildman–Crippen LogP) is 1.59. The van der Waals surface area contributed by atoms with Gasteiger partial charge in [-0.3, -0.25) is 0 Å². The number of piperazine rings is 1. The van der Waals surface area contributed by atoms with E-state index in [-0.39, 0.29) is 5.83 Å². The molecule has 96 valence electrons. The van der Waals surface area contributed by atoms with Gasteiger partial charge >= 0.3 is 0 Å². The van der Waals surface area contributed by atoms with Crippen molar-refractivity contribution in [3.63, 3.8) is 0 Å². The Bertz CT molecular complexity index is 324. The first-order valence-electron chi connectivity index (χ1n) is 5.88. The molecule has 1 heterocycles. The maximum atomic E-state index is 12.9. The lowest BCUT2D eigenvalue weighted by Gasteiger charge is -2.30. The SMILES string of the molecule is C=C(/C=C(\C=C(/C)F)C(C)O)N1CCNCC1. The van der Waals surface area contributed by atoms with Crippen molar-refractivity contribution < 1.29 is 9.50 Å². The molecule has 1 unspecified atom stereocenters. The molecule has 2 N–H and O–H groups in total.